The number of hydrogen-bond acceptors (Lipinski definition) is 5. The van der Waals surface area contributed by atoms with Gasteiger partial charge < -0.3 is 14.8 Å². The van der Waals surface area contributed by atoms with Crippen LogP contribution in [0.4, 0.5) is 5.69 Å². The minimum Gasteiger partial charge on any atom is -0.497 e. The number of amides is 1. The molecule has 3 aromatic rings. The molecule has 0 aliphatic heterocycles. The van der Waals surface area contributed by atoms with Crippen molar-refractivity contribution in [1.29, 1.82) is 0 Å². The number of aryl methyl sites for hydroxylation is 1. The van der Waals surface area contributed by atoms with Crippen LogP contribution in [0.25, 0.3) is 0 Å². The summed E-state index contributed by atoms with van der Waals surface area (Å²) < 4.78 is 38.3. The van der Waals surface area contributed by atoms with Crippen molar-refractivity contribution in [2.75, 3.05) is 19.0 Å². The van der Waals surface area contributed by atoms with Crippen molar-refractivity contribution >= 4 is 21.6 Å². The number of anilines is 1. The quantitative estimate of drug-likeness (QED) is 0.531. The van der Waals surface area contributed by atoms with Crippen LogP contribution in [0.1, 0.15) is 11.1 Å². The predicted molar refractivity (Wildman–Crippen MR) is 119 cm³/mol. The summed E-state index contributed by atoms with van der Waals surface area (Å²) in [5.74, 6) is 0.802. The first-order valence-corrected chi connectivity index (χ1v) is 11.1. The van der Waals surface area contributed by atoms with Crippen molar-refractivity contribution in [3.8, 4) is 11.5 Å². The summed E-state index contributed by atoms with van der Waals surface area (Å²) in [5, 5.41) is 2.73. The smallest absolute Gasteiger partial charge is 0.262 e. The van der Waals surface area contributed by atoms with E-state index in [0.717, 1.165) is 5.56 Å². The molecule has 0 spiro atoms. The van der Waals surface area contributed by atoms with Crippen LogP contribution in [0.15, 0.2) is 77.7 Å². The van der Waals surface area contributed by atoms with Crippen molar-refractivity contribution in [3.63, 3.8) is 0 Å². The standard InChI is InChI=1S/C23H24N2O5S/c1-17-14-21(31(27,28)24-15-18-6-4-3-5-7-18)12-13-22(17)30-16-23(26)25-19-8-10-20(29-2)11-9-19/h3-14,24H,15-16H2,1-2H3,(H,25,26). The molecule has 0 saturated carbocycles. The monoisotopic (exact) mass is 440 g/mol. The lowest BCUT2D eigenvalue weighted by molar-refractivity contribution is -0.118. The van der Waals surface area contributed by atoms with Crippen LogP contribution in [0.5, 0.6) is 11.5 Å². The fourth-order valence-corrected chi connectivity index (χ4v) is 3.93. The fourth-order valence-electron chi connectivity index (χ4n) is 2.82. The van der Waals surface area contributed by atoms with Gasteiger partial charge in [0.2, 0.25) is 10.0 Å². The Morgan fingerprint density at radius 2 is 1.68 bits per heavy atom. The van der Waals surface area contributed by atoms with Crippen molar-refractivity contribution in [2.24, 2.45) is 0 Å². The fraction of sp³-hybridized carbons (Fsp3) is 0.174. The number of carbonyl (C=O) groups is 1. The highest BCUT2D eigenvalue weighted by atomic mass is 32.2. The van der Waals surface area contributed by atoms with Crippen LogP contribution in [-0.4, -0.2) is 28.0 Å². The minimum absolute atomic E-state index is 0.135. The maximum absolute atomic E-state index is 12.6. The molecule has 0 aliphatic carbocycles. The molecule has 0 atom stereocenters. The lowest BCUT2D eigenvalue weighted by Crippen LogP contribution is -2.23. The molecule has 3 rings (SSSR count). The molecule has 0 radical (unpaired) electrons. The van der Waals surface area contributed by atoms with E-state index in [0.29, 0.717) is 22.7 Å². The topological polar surface area (TPSA) is 93.7 Å². The lowest BCUT2D eigenvalue weighted by atomic mass is 10.2. The molecule has 8 heteroatoms. The molecular formula is C23H24N2O5S. The molecule has 0 unspecified atom stereocenters. The number of methoxy groups -OCH3 is 1. The van der Waals surface area contributed by atoms with E-state index in [1.807, 2.05) is 30.3 Å². The van der Waals surface area contributed by atoms with Crippen molar-refractivity contribution < 1.29 is 22.7 Å². The highest BCUT2D eigenvalue weighted by molar-refractivity contribution is 7.89. The van der Waals surface area contributed by atoms with E-state index in [2.05, 4.69) is 10.0 Å². The second-order valence-electron chi connectivity index (χ2n) is 6.80. The van der Waals surface area contributed by atoms with Gasteiger partial charge in [0.05, 0.1) is 12.0 Å². The van der Waals surface area contributed by atoms with Gasteiger partial charge in [-0.05, 0) is 60.5 Å². The second-order valence-corrected chi connectivity index (χ2v) is 8.57. The Morgan fingerprint density at radius 1 is 0.968 bits per heavy atom. The number of carbonyl (C=O) groups excluding carboxylic acids is 1. The molecule has 0 aliphatic rings. The van der Waals surface area contributed by atoms with Crippen LogP contribution in [0.3, 0.4) is 0 Å². The largest absolute Gasteiger partial charge is 0.497 e. The number of benzene rings is 3. The zero-order valence-electron chi connectivity index (χ0n) is 17.3. The molecule has 0 saturated heterocycles. The Balaban J connectivity index is 1.57. The second kappa shape index (κ2) is 10.1. The van der Waals surface area contributed by atoms with Crippen LogP contribution >= 0.6 is 0 Å². The first kappa shape index (κ1) is 22.3. The van der Waals surface area contributed by atoms with E-state index in [1.54, 1.807) is 44.4 Å². The Morgan fingerprint density at radius 3 is 2.32 bits per heavy atom. The van der Waals surface area contributed by atoms with Crippen molar-refractivity contribution in [2.45, 2.75) is 18.4 Å². The SMILES string of the molecule is COc1ccc(NC(=O)COc2ccc(S(=O)(=O)NCc3ccccc3)cc2C)cc1. The minimum atomic E-state index is -3.67. The van der Waals surface area contributed by atoms with E-state index in [4.69, 9.17) is 9.47 Å². The van der Waals surface area contributed by atoms with Gasteiger partial charge in [-0.15, -0.1) is 0 Å². The van der Waals surface area contributed by atoms with Gasteiger partial charge >= 0.3 is 0 Å². The molecule has 1 amide bonds. The first-order chi connectivity index (χ1) is 14.9. The molecule has 2 N–H and O–H groups in total. The predicted octanol–water partition coefficient (Wildman–Crippen LogP) is 3.50. The molecule has 162 valence electrons. The molecule has 3 aromatic carbocycles. The van der Waals surface area contributed by atoms with Crippen LogP contribution in [-0.2, 0) is 21.4 Å². The Kier molecular flexibility index (Phi) is 7.28. The zero-order chi connectivity index (χ0) is 22.3. The summed E-state index contributed by atoms with van der Waals surface area (Å²) >= 11 is 0. The van der Waals surface area contributed by atoms with Crippen LogP contribution < -0.4 is 19.5 Å². The third-order valence-electron chi connectivity index (χ3n) is 4.50. The van der Waals surface area contributed by atoms with E-state index >= 15 is 0 Å². The highest BCUT2D eigenvalue weighted by Crippen LogP contribution is 2.22. The van der Waals surface area contributed by atoms with Gasteiger partial charge in [0.25, 0.3) is 5.91 Å². The average Bonchev–Trinajstić information content (AvgIpc) is 2.78. The first-order valence-electron chi connectivity index (χ1n) is 9.58. The van der Waals surface area contributed by atoms with Gasteiger partial charge in [0.15, 0.2) is 6.61 Å². The van der Waals surface area contributed by atoms with E-state index in [1.165, 1.54) is 12.1 Å². The number of rotatable bonds is 9. The van der Waals surface area contributed by atoms with E-state index < -0.39 is 10.0 Å². The third kappa shape index (κ3) is 6.31. The van der Waals surface area contributed by atoms with Gasteiger partial charge in [0.1, 0.15) is 11.5 Å². The molecule has 0 bridgehead atoms. The van der Waals surface area contributed by atoms with Gasteiger partial charge in [-0.3, -0.25) is 4.79 Å². The van der Waals surface area contributed by atoms with Crippen LogP contribution in [0.2, 0.25) is 0 Å². The van der Waals surface area contributed by atoms with Crippen molar-refractivity contribution in [1.82, 2.24) is 4.72 Å². The van der Waals surface area contributed by atoms with E-state index in [-0.39, 0.29) is 24.0 Å². The number of nitrogens with one attached hydrogen (secondary N) is 2. The molecule has 7 nitrogen and oxygen atoms in total. The summed E-state index contributed by atoms with van der Waals surface area (Å²) in [6.45, 7) is 1.73. The van der Waals surface area contributed by atoms with Crippen molar-refractivity contribution in [3.05, 3.63) is 83.9 Å². The van der Waals surface area contributed by atoms with Gasteiger partial charge in [0, 0.05) is 12.2 Å². The molecule has 31 heavy (non-hydrogen) atoms. The number of sulfonamides is 1. The number of hydrogen-bond donors (Lipinski definition) is 2. The highest BCUT2D eigenvalue weighted by Gasteiger charge is 2.16. The van der Waals surface area contributed by atoms with Gasteiger partial charge in [-0.25, -0.2) is 13.1 Å². The molecule has 0 fully saturated rings. The van der Waals surface area contributed by atoms with Gasteiger partial charge in [-0.1, -0.05) is 30.3 Å². The van der Waals surface area contributed by atoms with E-state index in [9.17, 15) is 13.2 Å². The summed E-state index contributed by atoms with van der Waals surface area (Å²) in [4.78, 5) is 12.3. The summed E-state index contributed by atoms with van der Waals surface area (Å²) in [6, 6.07) is 20.7. The maximum atomic E-state index is 12.6. The lowest BCUT2D eigenvalue weighted by Gasteiger charge is -2.12. The zero-order valence-corrected chi connectivity index (χ0v) is 18.1. The summed E-state index contributed by atoms with van der Waals surface area (Å²) in [5.41, 5.74) is 2.10. The molecule has 0 aromatic heterocycles. The maximum Gasteiger partial charge on any atom is 0.262 e. The van der Waals surface area contributed by atoms with Gasteiger partial charge in [-0.2, -0.15) is 0 Å². The Labute approximate surface area is 182 Å². The Hall–Kier alpha value is -3.36. The Bertz CT molecular complexity index is 1130. The van der Waals surface area contributed by atoms with Crippen LogP contribution in [0, 0.1) is 6.92 Å². The molecule has 0 heterocycles. The normalized spacial score (nSPS) is 11.0. The number of ether oxygens (including phenoxy) is 2. The summed E-state index contributed by atoms with van der Waals surface area (Å²) in [7, 11) is -2.10. The average molecular weight is 441 g/mol. The molecular weight excluding hydrogens is 416 g/mol. The summed E-state index contributed by atoms with van der Waals surface area (Å²) in [6.07, 6.45) is 0. The third-order valence-corrected chi connectivity index (χ3v) is 5.90.